The highest BCUT2D eigenvalue weighted by molar-refractivity contribution is 6.31. The molecule has 0 spiro atoms. The molecule has 0 radical (unpaired) electrons. The first-order valence-corrected chi connectivity index (χ1v) is 6.25. The van der Waals surface area contributed by atoms with Gasteiger partial charge in [-0.05, 0) is 35.8 Å². The van der Waals surface area contributed by atoms with Crippen molar-refractivity contribution in [2.45, 2.75) is 39.2 Å². The smallest absolute Gasteiger partial charge is 0.0456 e. The average Bonchev–Trinajstić information content (AvgIpc) is 2.12. The van der Waals surface area contributed by atoms with Crippen molar-refractivity contribution in [1.29, 1.82) is 0 Å². The molecule has 1 aliphatic carbocycles. The van der Waals surface area contributed by atoms with Gasteiger partial charge in [0, 0.05) is 10.6 Å². The van der Waals surface area contributed by atoms with E-state index < -0.39 is 0 Å². The van der Waals surface area contributed by atoms with Gasteiger partial charge in [-0.3, -0.25) is 0 Å². The minimum absolute atomic E-state index is 0.198. The van der Waals surface area contributed by atoms with Crippen molar-refractivity contribution in [3.63, 3.8) is 0 Å². The summed E-state index contributed by atoms with van der Waals surface area (Å²) in [7, 11) is 0. The van der Waals surface area contributed by atoms with Crippen LogP contribution in [0, 0.1) is 11.3 Å². The van der Waals surface area contributed by atoms with Crippen LogP contribution >= 0.6 is 11.6 Å². The lowest BCUT2D eigenvalue weighted by Crippen LogP contribution is -2.52. The third-order valence-corrected chi connectivity index (χ3v) is 4.19. The van der Waals surface area contributed by atoms with Gasteiger partial charge in [0.2, 0.25) is 0 Å². The van der Waals surface area contributed by atoms with E-state index in [9.17, 15) is 0 Å². The monoisotopic (exact) mass is 237 g/mol. The van der Waals surface area contributed by atoms with Gasteiger partial charge in [0.1, 0.15) is 0 Å². The quantitative estimate of drug-likeness (QED) is 0.787. The van der Waals surface area contributed by atoms with Crippen LogP contribution in [0.2, 0.25) is 5.02 Å². The molecule has 88 valence electrons. The number of rotatable bonds is 1. The normalized spacial score (nSPS) is 29.9. The molecule has 0 heterocycles. The highest BCUT2D eigenvalue weighted by atomic mass is 35.5. The summed E-state index contributed by atoms with van der Waals surface area (Å²) in [6, 6.07) is 7.95. The zero-order chi connectivity index (χ0) is 12.0. The first-order valence-electron chi connectivity index (χ1n) is 5.87. The van der Waals surface area contributed by atoms with Crippen LogP contribution in [0.4, 0.5) is 0 Å². The van der Waals surface area contributed by atoms with Crippen LogP contribution in [0.5, 0.6) is 0 Å². The Morgan fingerprint density at radius 1 is 1.25 bits per heavy atom. The maximum absolute atomic E-state index is 6.43. The number of benzene rings is 1. The molecule has 0 aliphatic heterocycles. The van der Waals surface area contributed by atoms with Crippen molar-refractivity contribution >= 4 is 11.6 Å². The van der Waals surface area contributed by atoms with E-state index in [0.29, 0.717) is 11.3 Å². The van der Waals surface area contributed by atoms with Crippen LogP contribution < -0.4 is 5.73 Å². The summed E-state index contributed by atoms with van der Waals surface area (Å²) >= 11 is 6.20. The molecule has 16 heavy (non-hydrogen) atoms. The Morgan fingerprint density at radius 3 is 2.31 bits per heavy atom. The summed E-state index contributed by atoms with van der Waals surface area (Å²) in [5.74, 6) is 0.703. The average molecular weight is 238 g/mol. The molecule has 0 atom stereocenters. The Morgan fingerprint density at radius 2 is 1.81 bits per heavy atom. The Balaban J connectivity index is 2.17. The Kier molecular flexibility index (Phi) is 2.80. The van der Waals surface area contributed by atoms with Crippen LogP contribution in [0.15, 0.2) is 24.3 Å². The number of hydrogen-bond acceptors (Lipinski definition) is 1. The lowest BCUT2D eigenvalue weighted by atomic mass is 9.57. The lowest BCUT2D eigenvalue weighted by molar-refractivity contribution is 0.0490. The molecule has 1 fully saturated rings. The summed E-state index contributed by atoms with van der Waals surface area (Å²) in [5, 5.41) is 0.803. The zero-order valence-electron chi connectivity index (χ0n) is 10.3. The first kappa shape index (κ1) is 11.9. The zero-order valence-corrected chi connectivity index (χ0v) is 11.0. The van der Waals surface area contributed by atoms with Crippen molar-refractivity contribution in [2.24, 2.45) is 17.1 Å². The fourth-order valence-electron chi connectivity index (χ4n) is 2.52. The number of halogens is 1. The van der Waals surface area contributed by atoms with E-state index in [0.717, 1.165) is 23.4 Å². The largest absolute Gasteiger partial charge is 0.321 e. The Labute approximate surface area is 103 Å². The molecule has 1 aromatic rings. The molecule has 2 N–H and O–H groups in total. The topological polar surface area (TPSA) is 26.0 Å². The van der Waals surface area contributed by atoms with Gasteiger partial charge in [-0.2, -0.15) is 0 Å². The number of nitrogens with two attached hydrogens (primary N) is 1. The molecule has 0 saturated heterocycles. The maximum atomic E-state index is 6.43. The fourth-order valence-corrected chi connectivity index (χ4v) is 2.84. The molecular formula is C14H20ClN. The first-order chi connectivity index (χ1) is 7.33. The van der Waals surface area contributed by atoms with Crippen LogP contribution in [-0.2, 0) is 5.54 Å². The van der Waals surface area contributed by atoms with Gasteiger partial charge in [-0.25, -0.2) is 0 Å². The third kappa shape index (κ3) is 1.99. The highest BCUT2D eigenvalue weighted by Crippen LogP contribution is 2.52. The lowest BCUT2D eigenvalue weighted by Gasteiger charge is -2.51. The molecule has 0 bridgehead atoms. The summed E-state index contributed by atoms with van der Waals surface area (Å²) in [5.41, 5.74) is 7.69. The van der Waals surface area contributed by atoms with Gasteiger partial charge in [0.25, 0.3) is 0 Å². The van der Waals surface area contributed by atoms with E-state index >= 15 is 0 Å². The molecule has 0 unspecified atom stereocenters. The Hall–Kier alpha value is -0.530. The number of hydrogen-bond donors (Lipinski definition) is 1. The van der Waals surface area contributed by atoms with Gasteiger partial charge in [0.15, 0.2) is 0 Å². The van der Waals surface area contributed by atoms with Crippen LogP contribution in [0.1, 0.15) is 39.2 Å². The highest BCUT2D eigenvalue weighted by Gasteiger charge is 2.47. The summed E-state index contributed by atoms with van der Waals surface area (Å²) in [6.45, 7) is 6.84. The molecule has 0 amide bonds. The van der Waals surface area contributed by atoms with Gasteiger partial charge in [-0.1, -0.05) is 50.6 Å². The molecule has 0 aromatic heterocycles. The molecule has 1 saturated carbocycles. The van der Waals surface area contributed by atoms with Crippen molar-refractivity contribution in [3.8, 4) is 0 Å². The van der Waals surface area contributed by atoms with E-state index in [1.54, 1.807) is 0 Å². The van der Waals surface area contributed by atoms with E-state index in [2.05, 4.69) is 26.8 Å². The van der Waals surface area contributed by atoms with Crippen LogP contribution in [0.3, 0.4) is 0 Å². The van der Waals surface area contributed by atoms with E-state index in [1.807, 2.05) is 18.2 Å². The molecule has 2 rings (SSSR count). The second-order valence-electron chi connectivity index (χ2n) is 6.11. The van der Waals surface area contributed by atoms with Crippen LogP contribution in [-0.4, -0.2) is 0 Å². The summed E-state index contributed by atoms with van der Waals surface area (Å²) in [6.07, 6.45) is 2.08. The molecule has 2 heteroatoms. The Bertz CT molecular complexity index is 386. The second-order valence-corrected chi connectivity index (χ2v) is 6.51. The maximum Gasteiger partial charge on any atom is 0.0456 e. The second kappa shape index (κ2) is 3.75. The standard InChI is InChI=1S/C14H20ClN/c1-13(2,3)10-8-14(16,9-10)11-6-4-5-7-12(11)15/h4-7,10H,8-9,16H2,1-3H3. The van der Waals surface area contributed by atoms with Gasteiger partial charge >= 0.3 is 0 Å². The van der Waals surface area contributed by atoms with Crippen molar-refractivity contribution in [2.75, 3.05) is 0 Å². The molecule has 1 nitrogen and oxygen atoms in total. The predicted molar refractivity (Wildman–Crippen MR) is 69.5 cm³/mol. The van der Waals surface area contributed by atoms with Crippen molar-refractivity contribution < 1.29 is 0 Å². The molecule has 1 aliphatic rings. The fraction of sp³-hybridized carbons (Fsp3) is 0.571. The van der Waals surface area contributed by atoms with E-state index in [1.165, 1.54) is 0 Å². The van der Waals surface area contributed by atoms with Gasteiger partial charge < -0.3 is 5.73 Å². The van der Waals surface area contributed by atoms with Gasteiger partial charge in [-0.15, -0.1) is 0 Å². The van der Waals surface area contributed by atoms with E-state index in [4.69, 9.17) is 17.3 Å². The minimum Gasteiger partial charge on any atom is -0.321 e. The summed E-state index contributed by atoms with van der Waals surface area (Å²) < 4.78 is 0. The third-order valence-electron chi connectivity index (χ3n) is 3.86. The SMILES string of the molecule is CC(C)(C)C1CC(N)(c2ccccc2Cl)C1. The molecule has 1 aromatic carbocycles. The van der Waals surface area contributed by atoms with Crippen LogP contribution in [0.25, 0.3) is 0 Å². The summed E-state index contributed by atoms with van der Waals surface area (Å²) in [4.78, 5) is 0. The van der Waals surface area contributed by atoms with Gasteiger partial charge in [0.05, 0.1) is 0 Å². The predicted octanol–water partition coefficient (Wildman–Crippen LogP) is 3.95. The molecular weight excluding hydrogens is 218 g/mol. The van der Waals surface area contributed by atoms with E-state index in [-0.39, 0.29) is 5.54 Å². The minimum atomic E-state index is -0.198. The van der Waals surface area contributed by atoms with Crippen molar-refractivity contribution in [1.82, 2.24) is 0 Å². The van der Waals surface area contributed by atoms with Crippen molar-refractivity contribution in [3.05, 3.63) is 34.9 Å².